The van der Waals surface area contributed by atoms with Crippen molar-refractivity contribution in [3.05, 3.63) is 0 Å². The quantitative estimate of drug-likeness (QED) is 0.754. The van der Waals surface area contributed by atoms with Crippen LogP contribution in [-0.4, -0.2) is 54.4 Å². The number of rotatable bonds is 7. The lowest BCUT2D eigenvalue weighted by atomic mass is 9.86. The van der Waals surface area contributed by atoms with Crippen molar-refractivity contribution in [2.75, 3.05) is 20.3 Å². The number of nitrogens with zero attached hydrogens (tertiary/aromatic N) is 1. The highest BCUT2D eigenvalue weighted by Crippen LogP contribution is 2.24. The van der Waals surface area contributed by atoms with E-state index in [1.807, 2.05) is 6.92 Å². The van der Waals surface area contributed by atoms with Gasteiger partial charge in [0.25, 0.3) is 0 Å². The number of carbonyl (C=O) groups is 2. The Hall–Kier alpha value is -1.30. The van der Waals surface area contributed by atoms with Gasteiger partial charge in [-0.3, -0.25) is 4.79 Å². The van der Waals surface area contributed by atoms with Crippen molar-refractivity contribution in [2.45, 2.75) is 58.0 Å². The molecule has 0 aromatic carbocycles. The van der Waals surface area contributed by atoms with Crippen molar-refractivity contribution in [2.24, 2.45) is 5.92 Å². The van der Waals surface area contributed by atoms with Crippen LogP contribution in [0.4, 0.5) is 4.79 Å². The normalized spacial score (nSPS) is 23.4. The number of aliphatic carboxylic acids is 1. The lowest BCUT2D eigenvalue weighted by Crippen LogP contribution is -2.50. The molecule has 0 radical (unpaired) electrons. The molecule has 1 saturated carbocycles. The third-order valence-electron chi connectivity index (χ3n) is 4.32. The van der Waals surface area contributed by atoms with Gasteiger partial charge in [0.15, 0.2) is 0 Å². The monoisotopic (exact) mass is 300 g/mol. The number of methoxy groups -OCH3 is 1. The molecule has 0 spiro atoms. The fourth-order valence-corrected chi connectivity index (χ4v) is 2.67. The van der Waals surface area contributed by atoms with Gasteiger partial charge >= 0.3 is 12.0 Å². The number of amides is 2. The number of carbonyl (C=O) groups excluding carboxylic acids is 1. The van der Waals surface area contributed by atoms with E-state index in [0.717, 1.165) is 19.3 Å². The Bertz CT molecular complexity index is 341. The highest BCUT2D eigenvalue weighted by molar-refractivity contribution is 5.75. The van der Waals surface area contributed by atoms with Gasteiger partial charge in [-0.05, 0) is 39.0 Å². The van der Waals surface area contributed by atoms with Crippen LogP contribution in [0.5, 0.6) is 0 Å². The Labute approximate surface area is 126 Å². The van der Waals surface area contributed by atoms with Crippen molar-refractivity contribution in [3.63, 3.8) is 0 Å². The molecule has 0 saturated heterocycles. The van der Waals surface area contributed by atoms with E-state index in [1.165, 1.54) is 0 Å². The fraction of sp³-hybridized carbons (Fsp3) is 0.867. The largest absolute Gasteiger partial charge is 0.481 e. The first kappa shape index (κ1) is 17.8. The molecule has 0 aromatic heterocycles. The summed E-state index contributed by atoms with van der Waals surface area (Å²) in [5.41, 5.74) is 0. The minimum absolute atomic E-state index is 0.0693. The van der Waals surface area contributed by atoms with Gasteiger partial charge in [0.05, 0.1) is 12.5 Å². The molecule has 2 N–H and O–H groups in total. The SMILES string of the molecule is CCC(C)N(CCOC)C(=O)NC1CCC(C(=O)O)CC1. The highest BCUT2D eigenvalue weighted by Gasteiger charge is 2.28. The Morgan fingerprint density at radius 3 is 2.43 bits per heavy atom. The van der Waals surface area contributed by atoms with Gasteiger partial charge in [-0.1, -0.05) is 6.92 Å². The molecular weight excluding hydrogens is 272 g/mol. The van der Waals surface area contributed by atoms with Crippen LogP contribution >= 0.6 is 0 Å². The van der Waals surface area contributed by atoms with E-state index < -0.39 is 5.97 Å². The fourth-order valence-electron chi connectivity index (χ4n) is 2.67. The van der Waals surface area contributed by atoms with Crippen LogP contribution < -0.4 is 5.32 Å². The lowest BCUT2D eigenvalue weighted by molar-refractivity contribution is -0.142. The molecule has 1 rings (SSSR count). The molecule has 0 aromatic rings. The van der Waals surface area contributed by atoms with Crippen LogP contribution in [0.25, 0.3) is 0 Å². The second kappa shape index (κ2) is 8.87. The van der Waals surface area contributed by atoms with Crippen LogP contribution in [0, 0.1) is 5.92 Å². The van der Waals surface area contributed by atoms with Gasteiger partial charge in [-0.15, -0.1) is 0 Å². The first-order valence-corrected chi connectivity index (χ1v) is 7.78. The van der Waals surface area contributed by atoms with Crippen LogP contribution in [0.15, 0.2) is 0 Å². The van der Waals surface area contributed by atoms with E-state index in [9.17, 15) is 9.59 Å². The van der Waals surface area contributed by atoms with Crippen molar-refractivity contribution in [1.29, 1.82) is 0 Å². The predicted octanol–water partition coefficient (Wildman–Crippen LogP) is 2.09. The third kappa shape index (κ3) is 5.53. The molecule has 1 aliphatic carbocycles. The van der Waals surface area contributed by atoms with Crippen LogP contribution in [0.1, 0.15) is 46.0 Å². The topological polar surface area (TPSA) is 78.9 Å². The highest BCUT2D eigenvalue weighted by atomic mass is 16.5. The zero-order chi connectivity index (χ0) is 15.8. The summed E-state index contributed by atoms with van der Waals surface area (Å²) < 4.78 is 5.06. The number of hydrogen-bond donors (Lipinski definition) is 2. The van der Waals surface area contributed by atoms with Gasteiger partial charge in [0.1, 0.15) is 0 Å². The van der Waals surface area contributed by atoms with Gasteiger partial charge in [0, 0.05) is 25.7 Å². The number of nitrogens with one attached hydrogen (secondary N) is 1. The van der Waals surface area contributed by atoms with E-state index in [0.29, 0.717) is 26.0 Å². The van der Waals surface area contributed by atoms with Crippen LogP contribution in [-0.2, 0) is 9.53 Å². The molecule has 2 amide bonds. The second-order valence-corrected chi connectivity index (χ2v) is 5.78. The molecule has 6 nitrogen and oxygen atoms in total. The van der Waals surface area contributed by atoms with E-state index >= 15 is 0 Å². The minimum Gasteiger partial charge on any atom is -0.481 e. The zero-order valence-electron chi connectivity index (χ0n) is 13.3. The predicted molar refractivity (Wildman–Crippen MR) is 80.2 cm³/mol. The van der Waals surface area contributed by atoms with Gasteiger partial charge in [-0.25, -0.2) is 4.79 Å². The van der Waals surface area contributed by atoms with Gasteiger partial charge < -0.3 is 20.1 Å². The van der Waals surface area contributed by atoms with E-state index in [2.05, 4.69) is 12.2 Å². The minimum atomic E-state index is -0.721. The number of carboxylic acid groups (broad SMARTS) is 1. The molecule has 6 heteroatoms. The Kier molecular flexibility index (Phi) is 7.50. The molecule has 1 aliphatic rings. The van der Waals surface area contributed by atoms with Crippen molar-refractivity contribution >= 4 is 12.0 Å². The maximum Gasteiger partial charge on any atom is 0.317 e. The average Bonchev–Trinajstić information content (AvgIpc) is 2.47. The van der Waals surface area contributed by atoms with Gasteiger partial charge in [0.2, 0.25) is 0 Å². The summed E-state index contributed by atoms with van der Waals surface area (Å²) in [6.07, 6.45) is 3.65. The standard InChI is InChI=1S/C15H28N2O4/c1-4-11(2)17(9-10-21-3)15(20)16-13-7-5-12(6-8-13)14(18)19/h11-13H,4-10H2,1-3H3,(H,16,20)(H,18,19). The van der Waals surface area contributed by atoms with E-state index in [-0.39, 0.29) is 24.0 Å². The molecular formula is C15H28N2O4. The first-order valence-electron chi connectivity index (χ1n) is 7.78. The summed E-state index contributed by atoms with van der Waals surface area (Å²) in [7, 11) is 1.62. The molecule has 1 unspecified atom stereocenters. The number of ether oxygens (including phenoxy) is 1. The summed E-state index contributed by atoms with van der Waals surface area (Å²) in [6.45, 7) is 5.16. The van der Waals surface area contributed by atoms with Gasteiger partial charge in [-0.2, -0.15) is 0 Å². The zero-order valence-corrected chi connectivity index (χ0v) is 13.3. The van der Waals surface area contributed by atoms with Crippen LogP contribution in [0.2, 0.25) is 0 Å². The van der Waals surface area contributed by atoms with Crippen molar-refractivity contribution < 1.29 is 19.4 Å². The Morgan fingerprint density at radius 1 is 1.33 bits per heavy atom. The average molecular weight is 300 g/mol. The molecule has 0 aliphatic heterocycles. The van der Waals surface area contributed by atoms with Crippen molar-refractivity contribution in [3.8, 4) is 0 Å². The second-order valence-electron chi connectivity index (χ2n) is 5.78. The summed E-state index contributed by atoms with van der Waals surface area (Å²) in [4.78, 5) is 25.1. The Morgan fingerprint density at radius 2 is 1.95 bits per heavy atom. The van der Waals surface area contributed by atoms with Crippen LogP contribution in [0.3, 0.4) is 0 Å². The van der Waals surface area contributed by atoms with E-state index in [4.69, 9.17) is 9.84 Å². The molecule has 0 heterocycles. The molecule has 122 valence electrons. The lowest BCUT2D eigenvalue weighted by Gasteiger charge is -2.32. The number of hydrogen-bond acceptors (Lipinski definition) is 3. The summed E-state index contributed by atoms with van der Waals surface area (Å²) in [5.74, 6) is -0.974. The maximum absolute atomic E-state index is 12.4. The smallest absolute Gasteiger partial charge is 0.317 e. The number of urea groups is 1. The Balaban J connectivity index is 2.48. The first-order chi connectivity index (χ1) is 9.99. The summed E-state index contributed by atoms with van der Waals surface area (Å²) >= 11 is 0. The van der Waals surface area contributed by atoms with E-state index in [1.54, 1.807) is 12.0 Å². The number of carboxylic acids is 1. The summed E-state index contributed by atoms with van der Waals surface area (Å²) in [5, 5.41) is 12.0. The summed E-state index contributed by atoms with van der Waals surface area (Å²) in [6, 6.07) is 0.179. The molecule has 21 heavy (non-hydrogen) atoms. The van der Waals surface area contributed by atoms with Crippen molar-refractivity contribution in [1.82, 2.24) is 10.2 Å². The maximum atomic E-state index is 12.4. The molecule has 1 fully saturated rings. The third-order valence-corrected chi connectivity index (χ3v) is 4.32. The molecule has 1 atom stereocenters. The molecule has 0 bridgehead atoms.